The van der Waals surface area contributed by atoms with E-state index >= 15 is 0 Å². The van der Waals surface area contributed by atoms with Gasteiger partial charge in [-0.3, -0.25) is 0 Å². The average Bonchev–Trinajstić information content (AvgIpc) is 2.51. The van der Waals surface area contributed by atoms with Gasteiger partial charge in [-0.1, -0.05) is 13.3 Å². The molecule has 0 amide bonds. The van der Waals surface area contributed by atoms with Crippen molar-refractivity contribution in [1.29, 1.82) is 0 Å². The lowest BCUT2D eigenvalue weighted by molar-refractivity contribution is 0.568. The fraction of sp³-hybridized carbons (Fsp3) is 0.750. The number of hydrogen-bond donors (Lipinski definition) is 0. The van der Waals surface area contributed by atoms with Crippen molar-refractivity contribution in [2.75, 3.05) is 0 Å². The van der Waals surface area contributed by atoms with E-state index < -0.39 is 0 Å². The van der Waals surface area contributed by atoms with Crippen molar-refractivity contribution in [3.05, 3.63) is 17.2 Å². The second kappa shape index (κ2) is 4.16. The summed E-state index contributed by atoms with van der Waals surface area (Å²) in [6, 6.07) is 0. The maximum atomic E-state index is 4.67. The highest BCUT2D eigenvalue weighted by Crippen LogP contribution is 2.22. The molecule has 0 saturated heterocycles. The van der Waals surface area contributed by atoms with E-state index in [1.54, 1.807) is 0 Å². The summed E-state index contributed by atoms with van der Waals surface area (Å²) in [6.45, 7) is 5.57. The van der Waals surface area contributed by atoms with Crippen molar-refractivity contribution in [1.82, 2.24) is 9.55 Å². The lowest BCUT2D eigenvalue weighted by atomic mass is 10.0. The molecule has 1 aromatic heterocycles. The Kier molecular flexibility index (Phi) is 2.90. The van der Waals surface area contributed by atoms with Gasteiger partial charge in [0.05, 0.1) is 5.69 Å². The molecule has 0 radical (unpaired) electrons. The molecule has 0 N–H and O–H groups in total. The zero-order chi connectivity index (χ0) is 9.97. The third-order valence-electron chi connectivity index (χ3n) is 3.16. The second-order valence-electron chi connectivity index (χ2n) is 4.26. The zero-order valence-corrected chi connectivity index (χ0v) is 9.34. The number of hydrogen-bond acceptors (Lipinski definition) is 1. The summed E-state index contributed by atoms with van der Waals surface area (Å²) < 4.78 is 2.44. The monoisotopic (exact) mass is 192 g/mol. The van der Waals surface area contributed by atoms with Crippen molar-refractivity contribution in [2.45, 2.75) is 58.9 Å². The minimum Gasteiger partial charge on any atom is -0.332 e. The molecule has 2 heteroatoms. The topological polar surface area (TPSA) is 17.8 Å². The first-order valence-corrected chi connectivity index (χ1v) is 5.87. The summed E-state index contributed by atoms with van der Waals surface area (Å²) in [7, 11) is 0. The predicted octanol–water partition coefficient (Wildman–Crippen LogP) is 2.87. The number of aromatic nitrogens is 2. The van der Waals surface area contributed by atoms with Crippen LogP contribution >= 0.6 is 0 Å². The lowest BCUT2D eigenvalue weighted by Gasteiger charge is -2.14. The van der Waals surface area contributed by atoms with Crippen LogP contribution in [0, 0.1) is 6.92 Å². The Morgan fingerprint density at radius 1 is 1.29 bits per heavy atom. The molecule has 1 aliphatic rings. The van der Waals surface area contributed by atoms with Crippen LogP contribution in [0.2, 0.25) is 0 Å². The van der Waals surface area contributed by atoms with E-state index in [0.29, 0.717) is 0 Å². The van der Waals surface area contributed by atoms with Crippen molar-refractivity contribution < 1.29 is 0 Å². The summed E-state index contributed by atoms with van der Waals surface area (Å²) >= 11 is 0. The van der Waals surface area contributed by atoms with Crippen LogP contribution in [-0.2, 0) is 19.4 Å². The minimum atomic E-state index is 1.17. The van der Waals surface area contributed by atoms with Crippen LogP contribution in [0.4, 0.5) is 0 Å². The molecule has 1 heterocycles. The number of fused-ring (bicyclic) bond motifs is 1. The number of imidazole rings is 1. The Labute approximate surface area is 86.3 Å². The van der Waals surface area contributed by atoms with E-state index in [2.05, 4.69) is 23.4 Å². The summed E-state index contributed by atoms with van der Waals surface area (Å²) in [5.41, 5.74) is 2.91. The first kappa shape index (κ1) is 9.75. The summed E-state index contributed by atoms with van der Waals surface area (Å²) in [6.07, 6.45) is 7.69. The molecular formula is C12H20N2. The molecule has 0 unspecified atom stereocenters. The van der Waals surface area contributed by atoms with Crippen molar-refractivity contribution >= 4 is 0 Å². The lowest BCUT2D eigenvalue weighted by Crippen LogP contribution is -2.09. The number of rotatable bonds is 3. The fourth-order valence-electron chi connectivity index (χ4n) is 2.35. The van der Waals surface area contributed by atoms with Gasteiger partial charge in [0.15, 0.2) is 0 Å². The number of nitrogens with zero attached hydrogens (tertiary/aromatic N) is 2. The molecule has 2 rings (SSSR count). The molecule has 2 nitrogen and oxygen atoms in total. The Morgan fingerprint density at radius 2 is 2.07 bits per heavy atom. The smallest absolute Gasteiger partial charge is 0.106 e. The van der Waals surface area contributed by atoms with Gasteiger partial charge in [0.2, 0.25) is 0 Å². The van der Waals surface area contributed by atoms with Gasteiger partial charge in [0, 0.05) is 12.2 Å². The third-order valence-corrected chi connectivity index (χ3v) is 3.16. The van der Waals surface area contributed by atoms with Crippen LogP contribution in [0.15, 0.2) is 0 Å². The molecule has 0 saturated carbocycles. The van der Waals surface area contributed by atoms with Gasteiger partial charge in [-0.25, -0.2) is 4.98 Å². The maximum Gasteiger partial charge on any atom is 0.106 e. The summed E-state index contributed by atoms with van der Waals surface area (Å²) in [5, 5.41) is 0. The normalized spacial score (nSPS) is 15.6. The van der Waals surface area contributed by atoms with E-state index in [4.69, 9.17) is 0 Å². The molecule has 0 atom stereocenters. The van der Waals surface area contributed by atoms with Crippen molar-refractivity contribution in [3.63, 3.8) is 0 Å². The second-order valence-corrected chi connectivity index (χ2v) is 4.26. The molecule has 1 aliphatic carbocycles. The van der Waals surface area contributed by atoms with Gasteiger partial charge in [-0.2, -0.15) is 0 Å². The van der Waals surface area contributed by atoms with Gasteiger partial charge in [-0.15, -0.1) is 0 Å². The van der Waals surface area contributed by atoms with E-state index in [9.17, 15) is 0 Å². The highest BCUT2D eigenvalue weighted by Gasteiger charge is 2.17. The van der Waals surface area contributed by atoms with Gasteiger partial charge < -0.3 is 4.57 Å². The van der Waals surface area contributed by atoms with Crippen molar-refractivity contribution in [2.24, 2.45) is 0 Å². The van der Waals surface area contributed by atoms with E-state index in [1.807, 2.05) is 0 Å². The quantitative estimate of drug-likeness (QED) is 0.720. The maximum absolute atomic E-state index is 4.67. The van der Waals surface area contributed by atoms with Crippen molar-refractivity contribution in [3.8, 4) is 0 Å². The van der Waals surface area contributed by atoms with Crippen LogP contribution in [0.3, 0.4) is 0 Å². The largest absolute Gasteiger partial charge is 0.332 e. The molecule has 0 aromatic carbocycles. The Hall–Kier alpha value is -0.790. The number of unbranched alkanes of at least 4 members (excludes halogenated alkanes) is 1. The SMILES string of the molecule is CCCCn1c(C)nc2c1CCCC2. The summed E-state index contributed by atoms with van der Waals surface area (Å²) in [5.74, 6) is 1.23. The van der Waals surface area contributed by atoms with Crippen LogP contribution in [0.25, 0.3) is 0 Å². The third kappa shape index (κ3) is 1.70. The predicted molar refractivity (Wildman–Crippen MR) is 58.5 cm³/mol. The Bertz CT molecular complexity index is 312. The first-order chi connectivity index (χ1) is 6.83. The summed E-state index contributed by atoms with van der Waals surface area (Å²) in [4.78, 5) is 4.67. The average molecular weight is 192 g/mol. The molecule has 78 valence electrons. The van der Waals surface area contributed by atoms with Gasteiger partial charge >= 0.3 is 0 Å². The van der Waals surface area contributed by atoms with E-state index in [1.165, 1.54) is 62.3 Å². The van der Waals surface area contributed by atoms with Crippen LogP contribution in [0.1, 0.15) is 49.8 Å². The molecular weight excluding hydrogens is 172 g/mol. The van der Waals surface area contributed by atoms with Crippen LogP contribution in [0.5, 0.6) is 0 Å². The van der Waals surface area contributed by atoms with E-state index in [0.717, 1.165) is 0 Å². The fourth-order valence-corrected chi connectivity index (χ4v) is 2.35. The van der Waals surface area contributed by atoms with E-state index in [-0.39, 0.29) is 0 Å². The molecule has 0 spiro atoms. The van der Waals surface area contributed by atoms with Gasteiger partial charge in [-0.05, 0) is 39.0 Å². The highest BCUT2D eigenvalue weighted by molar-refractivity contribution is 5.19. The standard InChI is InChI=1S/C12H20N2/c1-3-4-9-14-10(2)13-11-7-5-6-8-12(11)14/h3-9H2,1-2H3. The van der Waals surface area contributed by atoms with Crippen LogP contribution < -0.4 is 0 Å². The Morgan fingerprint density at radius 3 is 2.86 bits per heavy atom. The van der Waals surface area contributed by atoms with Gasteiger partial charge in [0.25, 0.3) is 0 Å². The number of aryl methyl sites for hydroxylation is 2. The minimum absolute atomic E-state index is 1.17. The molecule has 0 bridgehead atoms. The van der Waals surface area contributed by atoms with Gasteiger partial charge in [0.1, 0.15) is 5.82 Å². The Balaban J connectivity index is 2.24. The highest BCUT2D eigenvalue weighted by atomic mass is 15.1. The molecule has 0 fully saturated rings. The molecule has 14 heavy (non-hydrogen) atoms. The molecule has 1 aromatic rings. The zero-order valence-electron chi connectivity index (χ0n) is 9.34. The first-order valence-electron chi connectivity index (χ1n) is 5.87. The van der Waals surface area contributed by atoms with Crippen LogP contribution in [-0.4, -0.2) is 9.55 Å². The molecule has 0 aliphatic heterocycles.